The molecule has 2 aromatic heterocycles. The van der Waals surface area contributed by atoms with Crippen LogP contribution in [0.5, 0.6) is 0 Å². The quantitative estimate of drug-likeness (QED) is 0.401. The Morgan fingerprint density at radius 2 is 1.87 bits per heavy atom. The lowest BCUT2D eigenvalue weighted by Gasteiger charge is -2.34. The average Bonchev–Trinajstić information content (AvgIpc) is 3.44. The monoisotopic (exact) mass is 539 g/mol. The van der Waals surface area contributed by atoms with Gasteiger partial charge < -0.3 is 10.2 Å². The number of sulfonamides is 1. The molecule has 5 rings (SSSR count). The van der Waals surface area contributed by atoms with Gasteiger partial charge in [-0.15, -0.1) is 0 Å². The number of hydrogen-bond acceptors (Lipinski definition) is 6. The van der Waals surface area contributed by atoms with Crippen molar-refractivity contribution >= 4 is 32.5 Å². The van der Waals surface area contributed by atoms with Crippen molar-refractivity contribution in [2.24, 2.45) is 6.98 Å². The number of benzene rings is 2. The summed E-state index contributed by atoms with van der Waals surface area (Å²) in [7, 11) is -0.252. The number of carbonyl (C=O) groups excluding carboxylic acids is 1. The molecule has 0 aliphatic carbocycles. The Bertz CT molecular complexity index is 1720. The Balaban J connectivity index is 1.36. The summed E-state index contributed by atoms with van der Waals surface area (Å²) in [5.41, 5.74) is 1.30. The van der Waals surface area contributed by atoms with Crippen LogP contribution in [-0.4, -0.2) is 71.5 Å². The van der Waals surface area contributed by atoms with Gasteiger partial charge >= 0.3 is 0 Å². The number of nitrogens with one attached hydrogen (secondary N) is 1. The Labute approximate surface area is 225 Å². The van der Waals surface area contributed by atoms with Crippen LogP contribution in [-0.2, 0) is 17.0 Å². The highest BCUT2D eigenvalue weighted by molar-refractivity contribution is 7.89. The molecular formula is C27H29FN6O3S. The second kappa shape index (κ2) is 10.2. The summed E-state index contributed by atoms with van der Waals surface area (Å²) in [6, 6.07) is 10.6. The first kappa shape index (κ1) is 22.3. The molecule has 1 N–H and O–H groups in total. The van der Waals surface area contributed by atoms with Gasteiger partial charge in [-0.25, -0.2) is 17.8 Å². The number of amides is 1. The smallest absolute Gasteiger partial charge is 0.256 e. The highest BCUT2D eigenvalue weighted by Crippen LogP contribution is 2.27. The van der Waals surface area contributed by atoms with Crippen LogP contribution in [0.15, 0.2) is 66.0 Å². The fraction of sp³-hybridized carbons (Fsp3) is 0.296. The summed E-state index contributed by atoms with van der Waals surface area (Å²) in [6.45, 7) is -1.86. The molecule has 0 unspecified atom stereocenters. The molecule has 3 heterocycles. The Morgan fingerprint density at radius 1 is 1.08 bits per heavy atom. The highest BCUT2D eigenvalue weighted by Gasteiger charge is 2.32. The van der Waals surface area contributed by atoms with Gasteiger partial charge in [0.15, 0.2) is 0 Å². The number of anilines is 1. The number of aryl methyl sites for hydroxylation is 1. The molecule has 1 aliphatic rings. The summed E-state index contributed by atoms with van der Waals surface area (Å²) in [4.78, 5) is 18.8. The molecule has 0 spiro atoms. The number of carbonyl (C=O) groups is 1. The molecule has 0 radical (unpaired) electrons. The van der Waals surface area contributed by atoms with Crippen LogP contribution in [0.25, 0.3) is 21.9 Å². The molecular weight excluding hydrogens is 507 g/mol. The van der Waals surface area contributed by atoms with Gasteiger partial charge in [-0.05, 0) is 68.2 Å². The van der Waals surface area contributed by atoms with Crippen molar-refractivity contribution in [2.45, 2.75) is 23.8 Å². The zero-order valence-corrected chi connectivity index (χ0v) is 21.7. The van der Waals surface area contributed by atoms with Crippen LogP contribution in [0, 0.1) is 5.82 Å². The van der Waals surface area contributed by atoms with Crippen molar-refractivity contribution < 1.29 is 21.7 Å². The molecule has 2 aromatic carbocycles. The highest BCUT2D eigenvalue weighted by atomic mass is 32.2. The van der Waals surface area contributed by atoms with Gasteiger partial charge in [0.05, 0.1) is 6.20 Å². The Hall–Kier alpha value is -3.67. The van der Waals surface area contributed by atoms with Gasteiger partial charge in [-0.2, -0.15) is 9.40 Å². The third-order valence-corrected chi connectivity index (χ3v) is 8.76. The molecule has 1 saturated heterocycles. The molecule has 1 aliphatic heterocycles. The maximum Gasteiger partial charge on any atom is 0.256 e. The van der Waals surface area contributed by atoms with E-state index in [1.54, 1.807) is 12.3 Å². The first-order valence-electron chi connectivity index (χ1n) is 13.6. The van der Waals surface area contributed by atoms with Crippen LogP contribution in [0.2, 0.25) is 0 Å². The number of hydrogen-bond donors (Lipinski definition) is 1. The lowest BCUT2D eigenvalue weighted by molar-refractivity contribution is 0.102. The number of piperidine rings is 1. The van der Waals surface area contributed by atoms with E-state index >= 15 is 0 Å². The SMILES string of the molecule is [2H]C([2H])([2H])n1cc(-c2ccc3cnc(NC(=O)c4ccc(F)c(S(=O)(=O)N5CCC(N(C)C)CC5)c4)cc3c2)cn1. The molecule has 4 aromatic rings. The van der Waals surface area contributed by atoms with E-state index in [2.05, 4.69) is 15.4 Å². The van der Waals surface area contributed by atoms with Crippen LogP contribution in [0.1, 0.15) is 27.3 Å². The third-order valence-electron chi connectivity index (χ3n) is 6.84. The number of aromatic nitrogens is 3. The van der Waals surface area contributed by atoms with E-state index in [1.165, 1.54) is 22.8 Å². The van der Waals surface area contributed by atoms with Crippen LogP contribution >= 0.6 is 0 Å². The fourth-order valence-corrected chi connectivity index (χ4v) is 6.19. The molecule has 11 heteroatoms. The van der Waals surface area contributed by atoms with Crippen molar-refractivity contribution in [3.8, 4) is 11.1 Å². The zero-order chi connectivity index (χ0) is 29.5. The van der Waals surface area contributed by atoms with Crippen LogP contribution in [0.3, 0.4) is 0 Å². The predicted octanol–water partition coefficient (Wildman–Crippen LogP) is 3.74. The second-order valence-electron chi connectivity index (χ2n) is 9.50. The van der Waals surface area contributed by atoms with E-state index in [-0.39, 0.29) is 30.5 Å². The van der Waals surface area contributed by atoms with E-state index < -0.39 is 33.6 Å². The van der Waals surface area contributed by atoms with Gasteiger partial charge in [0.25, 0.3) is 5.91 Å². The van der Waals surface area contributed by atoms with Crippen molar-refractivity contribution in [3.63, 3.8) is 0 Å². The summed E-state index contributed by atoms with van der Waals surface area (Å²) in [6.07, 6.45) is 5.72. The number of halogens is 1. The Morgan fingerprint density at radius 3 is 2.58 bits per heavy atom. The lowest BCUT2D eigenvalue weighted by Crippen LogP contribution is -2.44. The first-order chi connectivity index (χ1) is 19.3. The van der Waals surface area contributed by atoms with E-state index in [0.717, 1.165) is 33.2 Å². The molecule has 0 bridgehead atoms. The molecule has 9 nitrogen and oxygen atoms in total. The minimum atomic E-state index is -4.14. The second-order valence-corrected chi connectivity index (χ2v) is 11.4. The van der Waals surface area contributed by atoms with Gasteiger partial charge in [0.2, 0.25) is 10.0 Å². The largest absolute Gasteiger partial charge is 0.307 e. The number of nitrogens with zero attached hydrogens (tertiary/aromatic N) is 5. The molecule has 1 fully saturated rings. The fourth-order valence-electron chi connectivity index (χ4n) is 4.63. The molecule has 0 saturated carbocycles. The van der Waals surface area contributed by atoms with Gasteiger partial charge in [0, 0.05) is 59.1 Å². The summed E-state index contributed by atoms with van der Waals surface area (Å²) >= 11 is 0. The van der Waals surface area contributed by atoms with E-state index in [1.807, 2.05) is 37.2 Å². The summed E-state index contributed by atoms with van der Waals surface area (Å²) in [5.74, 6) is -1.36. The molecule has 0 atom stereocenters. The first-order valence-corrected chi connectivity index (χ1v) is 13.5. The molecule has 38 heavy (non-hydrogen) atoms. The van der Waals surface area contributed by atoms with Gasteiger partial charge in [-0.3, -0.25) is 9.48 Å². The van der Waals surface area contributed by atoms with Crippen LogP contribution < -0.4 is 5.32 Å². The Kier molecular flexibility index (Phi) is 6.02. The molecule has 198 valence electrons. The summed E-state index contributed by atoms with van der Waals surface area (Å²) in [5, 5.41) is 8.07. The van der Waals surface area contributed by atoms with E-state index in [4.69, 9.17) is 4.11 Å². The normalized spacial score (nSPS) is 16.8. The lowest BCUT2D eigenvalue weighted by atomic mass is 10.1. The standard InChI is InChI=1S/C27H29FN6O3S/c1-32(2)23-8-10-34(11-9-23)38(36,37)25-13-19(6-7-24(25)28)27(35)31-26-14-21-12-18(4-5-20(21)15-29-26)22-16-30-33(3)17-22/h4-7,12-17,23H,8-11H2,1-3H3,(H,29,31,35)/i3D3. The van der Waals surface area contributed by atoms with E-state index in [9.17, 15) is 17.6 Å². The maximum absolute atomic E-state index is 14.7. The minimum absolute atomic E-state index is 0.0270. The van der Waals surface area contributed by atoms with Gasteiger partial charge in [0.1, 0.15) is 16.5 Å². The third kappa shape index (κ3) is 5.17. The average molecular weight is 540 g/mol. The van der Waals surface area contributed by atoms with Crippen LogP contribution in [0.4, 0.5) is 10.2 Å². The number of fused-ring (bicyclic) bond motifs is 1. The maximum atomic E-state index is 14.7. The van der Waals surface area contributed by atoms with Crippen molar-refractivity contribution in [1.82, 2.24) is 24.0 Å². The topological polar surface area (TPSA) is 100 Å². The zero-order valence-electron chi connectivity index (χ0n) is 23.9. The number of pyridine rings is 1. The summed E-state index contributed by atoms with van der Waals surface area (Å²) < 4.78 is 65.9. The number of rotatable bonds is 6. The minimum Gasteiger partial charge on any atom is -0.307 e. The van der Waals surface area contributed by atoms with Crippen molar-refractivity contribution in [1.29, 1.82) is 0 Å². The van der Waals surface area contributed by atoms with Crippen molar-refractivity contribution in [2.75, 3.05) is 32.5 Å². The van der Waals surface area contributed by atoms with E-state index in [0.29, 0.717) is 18.4 Å². The molecule has 1 amide bonds. The van der Waals surface area contributed by atoms with Gasteiger partial charge in [-0.1, -0.05) is 12.1 Å². The van der Waals surface area contributed by atoms with Crippen molar-refractivity contribution in [3.05, 3.63) is 72.4 Å². The predicted molar refractivity (Wildman–Crippen MR) is 144 cm³/mol.